The molecule has 136 valence electrons. The molecule has 4 rings (SSSR count). The Balaban J connectivity index is 1.51. The summed E-state index contributed by atoms with van der Waals surface area (Å²) in [7, 11) is 0. The molecule has 26 heavy (non-hydrogen) atoms. The summed E-state index contributed by atoms with van der Waals surface area (Å²) in [4.78, 5) is 21.5. The Labute approximate surface area is 156 Å². The van der Waals surface area contributed by atoms with Crippen LogP contribution in [0.3, 0.4) is 0 Å². The van der Waals surface area contributed by atoms with Gasteiger partial charge < -0.3 is 16.0 Å². The van der Waals surface area contributed by atoms with Crippen LogP contribution in [0, 0.1) is 11.8 Å². The molecule has 1 aliphatic carbocycles. The molecule has 0 aromatic carbocycles. The third kappa shape index (κ3) is 3.37. The molecule has 3 aromatic rings. The van der Waals surface area contributed by atoms with E-state index in [-0.39, 0.29) is 17.9 Å². The van der Waals surface area contributed by atoms with E-state index in [1.807, 2.05) is 18.2 Å². The van der Waals surface area contributed by atoms with Crippen molar-refractivity contribution in [3.05, 3.63) is 30.6 Å². The maximum atomic E-state index is 12.7. The molecular formula is C19H23N5OS. The first-order valence-electron chi connectivity index (χ1n) is 9.07. The van der Waals surface area contributed by atoms with Crippen LogP contribution in [0.15, 0.2) is 30.6 Å². The van der Waals surface area contributed by atoms with Crippen LogP contribution in [0.25, 0.3) is 21.6 Å². The second kappa shape index (κ2) is 7.17. The molecule has 0 spiro atoms. The number of carbonyl (C=O) groups excluding carboxylic acids is 1. The minimum atomic E-state index is 0.0631. The van der Waals surface area contributed by atoms with Crippen molar-refractivity contribution in [1.29, 1.82) is 0 Å². The zero-order chi connectivity index (χ0) is 18.1. The number of anilines is 1. The van der Waals surface area contributed by atoms with E-state index in [0.29, 0.717) is 5.92 Å². The van der Waals surface area contributed by atoms with Crippen molar-refractivity contribution < 1.29 is 4.79 Å². The molecule has 4 N–H and O–H groups in total. The fourth-order valence-corrected chi connectivity index (χ4v) is 4.33. The Bertz CT molecular complexity index is 894. The predicted molar refractivity (Wildman–Crippen MR) is 105 cm³/mol. The van der Waals surface area contributed by atoms with Crippen LogP contribution in [-0.2, 0) is 4.79 Å². The van der Waals surface area contributed by atoms with Crippen molar-refractivity contribution in [1.82, 2.24) is 14.3 Å². The molecule has 1 aliphatic rings. The molecule has 7 heteroatoms. The lowest BCUT2D eigenvalue weighted by atomic mass is 9.79. The molecule has 1 unspecified atom stereocenters. The summed E-state index contributed by atoms with van der Waals surface area (Å²) in [6, 6.07) is 6.06. The SMILES string of the molecule is CC(N)[C@H]1CC[C@H](C(=O)Nc2ccnc3[nH]c(-c4ccns4)cc23)CC1. The second-order valence-corrected chi connectivity index (χ2v) is 7.97. The summed E-state index contributed by atoms with van der Waals surface area (Å²) < 4.78 is 4.14. The summed E-state index contributed by atoms with van der Waals surface area (Å²) in [6.45, 7) is 2.06. The zero-order valence-corrected chi connectivity index (χ0v) is 15.6. The van der Waals surface area contributed by atoms with Crippen LogP contribution in [-0.4, -0.2) is 26.3 Å². The summed E-state index contributed by atoms with van der Waals surface area (Å²) in [5.41, 5.74) is 8.55. The average Bonchev–Trinajstić information content (AvgIpc) is 3.31. The average molecular weight is 369 g/mol. The number of nitrogens with one attached hydrogen (secondary N) is 2. The number of H-pyrrole nitrogens is 1. The number of amides is 1. The molecule has 1 saturated carbocycles. The van der Waals surface area contributed by atoms with Gasteiger partial charge in [-0.2, -0.15) is 0 Å². The first kappa shape index (κ1) is 17.2. The second-order valence-electron chi connectivity index (χ2n) is 7.14. The molecule has 6 nitrogen and oxygen atoms in total. The molecule has 0 aliphatic heterocycles. The van der Waals surface area contributed by atoms with E-state index in [4.69, 9.17) is 5.73 Å². The highest BCUT2D eigenvalue weighted by molar-refractivity contribution is 7.09. The first-order chi connectivity index (χ1) is 12.6. The Morgan fingerprint density at radius 2 is 2.12 bits per heavy atom. The van der Waals surface area contributed by atoms with Crippen molar-refractivity contribution in [2.75, 3.05) is 5.32 Å². The van der Waals surface area contributed by atoms with Crippen molar-refractivity contribution in [3.63, 3.8) is 0 Å². The normalized spacial score (nSPS) is 21.6. The Kier molecular flexibility index (Phi) is 4.74. The molecule has 0 saturated heterocycles. The zero-order valence-electron chi connectivity index (χ0n) is 14.7. The van der Waals surface area contributed by atoms with E-state index in [9.17, 15) is 4.79 Å². The number of nitrogens with zero attached hydrogens (tertiary/aromatic N) is 2. The number of nitrogens with two attached hydrogens (primary N) is 1. The van der Waals surface area contributed by atoms with Gasteiger partial charge in [-0.15, -0.1) is 0 Å². The quantitative estimate of drug-likeness (QED) is 0.652. The van der Waals surface area contributed by atoms with Crippen LogP contribution < -0.4 is 11.1 Å². The van der Waals surface area contributed by atoms with Crippen LogP contribution in [0.4, 0.5) is 5.69 Å². The minimum Gasteiger partial charge on any atom is -0.338 e. The van der Waals surface area contributed by atoms with Crippen molar-refractivity contribution >= 4 is 34.2 Å². The van der Waals surface area contributed by atoms with Gasteiger partial charge in [-0.3, -0.25) is 4.79 Å². The van der Waals surface area contributed by atoms with Gasteiger partial charge in [0.05, 0.1) is 16.3 Å². The van der Waals surface area contributed by atoms with Gasteiger partial charge in [0.15, 0.2) is 0 Å². The molecular weight excluding hydrogens is 346 g/mol. The predicted octanol–water partition coefficient (Wildman–Crippen LogP) is 3.78. The Morgan fingerprint density at radius 1 is 1.31 bits per heavy atom. The van der Waals surface area contributed by atoms with Crippen LogP contribution in [0.2, 0.25) is 0 Å². The molecule has 0 radical (unpaired) electrons. The number of aromatic amines is 1. The molecule has 1 amide bonds. The maximum Gasteiger partial charge on any atom is 0.227 e. The van der Waals surface area contributed by atoms with E-state index in [1.54, 1.807) is 12.4 Å². The van der Waals surface area contributed by atoms with Gasteiger partial charge in [0.25, 0.3) is 0 Å². The van der Waals surface area contributed by atoms with E-state index in [2.05, 4.69) is 26.6 Å². The molecule has 1 fully saturated rings. The maximum absolute atomic E-state index is 12.7. The molecule has 1 atom stereocenters. The van der Waals surface area contributed by atoms with Gasteiger partial charge in [0.2, 0.25) is 5.91 Å². The molecule has 3 aromatic heterocycles. The summed E-state index contributed by atoms with van der Waals surface area (Å²) >= 11 is 1.43. The largest absolute Gasteiger partial charge is 0.338 e. The number of pyridine rings is 1. The van der Waals surface area contributed by atoms with E-state index < -0.39 is 0 Å². The topological polar surface area (TPSA) is 96.7 Å². The highest BCUT2D eigenvalue weighted by Gasteiger charge is 2.28. The van der Waals surface area contributed by atoms with Crippen LogP contribution in [0.1, 0.15) is 32.6 Å². The number of aromatic nitrogens is 3. The van der Waals surface area contributed by atoms with Gasteiger partial charge in [-0.25, -0.2) is 9.36 Å². The fourth-order valence-electron chi connectivity index (χ4n) is 3.77. The van der Waals surface area contributed by atoms with Crippen molar-refractivity contribution in [2.45, 2.75) is 38.6 Å². The number of hydrogen-bond donors (Lipinski definition) is 3. The van der Waals surface area contributed by atoms with Gasteiger partial charge in [0, 0.05) is 29.7 Å². The van der Waals surface area contributed by atoms with Crippen LogP contribution in [0.5, 0.6) is 0 Å². The third-order valence-electron chi connectivity index (χ3n) is 5.38. The number of hydrogen-bond acceptors (Lipinski definition) is 5. The third-order valence-corrected chi connectivity index (χ3v) is 6.16. The van der Waals surface area contributed by atoms with E-state index >= 15 is 0 Å². The lowest BCUT2D eigenvalue weighted by molar-refractivity contribution is -0.121. The van der Waals surface area contributed by atoms with E-state index in [0.717, 1.165) is 53.0 Å². The van der Waals surface area contributed by atoms with Gasteiger partial charge in [0.1, 0.15) is 5.65 Å². The fraction of sp³-hybridized carbons (Fsp3) is 0.421. The number of carbonyl (C=O) groups is 1. The summed E-state index contributed by atoms with van der Waals surface area (Å²) in [5, 5.41) is 4.04. The number of fused-ring (bicyclic) bond motifs is 1. The monoisotopic (exact) mass is 369 g/mol. The Hall–Kier alpha value is -2.25. The smallest absolute Gasteiger partial charge is 0.227 e. The lowest BCUT2D eigenvalue weighted by Gasteiger charge is -2.30. The molecule has 3 heterocycles. The van der Waals surface area contributed by atoms with Gasteiger partial charge in [-0.1, -0.05) is 0 Å². The van der Waals surface area contributed by atoms with E-state index in [1.165, 1.54) is 11.5 Å². The van der Waals surface area contributed by atoms with Gasteiger partial charge in [-0.05, 0) is 68.3 Å². The highest BCUT2D eigenvalue weighted by Crippen LogP contribution is 2.33. The van der Waals surface area contributed by atoms with Crippen LogP contribution >= 0.6 is 11.5 Å². The van der Waals surface area contributed by atoms with Crippen molar-refractivity contribution in [3.8, 4) is 10.6 Å². The molecule has 0 bridgehead atoms. The van der Waals surface area contributed by atoms with Gasteiger partial charge >= 0.3 is 0 Å². The Morgan fingerprint density at radius 3 is 2.81 bits per heavy atom. The first-order valence-corrected chi connectivity index (χ1v) is 9.84. The van der Waals surface area contributed by atoms with Crippen molar-refractivity contribution in [2.24, 2.45) is 17.6 Å². The highest BCUT2D eigenvalue weighted by atomic mass is 32.1. The minimum absolute atomic E-state index is 0.0631. The summed E-state index contributed by atoms with van der Waals surface area (Å²) in [6.07, 6.45) is 7.37. The standard InChI is InChI=1S/C19H23N5OS/c1-11(20)12-2-4-13(5-3-12)19(25)24-15-6-8-21-18-14(15)10-16(23-18)17-7-9-22-26-17/h6-13H,2-5,20H2,1H3,(H2,21,23,24,25)/t11?,12-,13-. The summed E-state index contributed by atoms with van der Waals surface area (Å²) in [5.74, 6) is 0.701. The number of rotatable bonds is 4. The lowest BCUT2D eigenvalue weighted by Crippen LogP contribution is -2.33.